The van der Waals surface area contributed by atoms with Crippen LogP contribution in [0.1, 0.15) is 5.69 Å². The third-order valence-electron chi connectivity index (χ3n) is 2.81. The van der Waals surface area contributed by atoms with Gasteiger partial charge in [0.25, 0.3) is 5.19 Å². The van der Waals surface area contributed by atoms with Crippen LogP contribution >= 0.6 is 11.3 Å². The number of thiazole rings is 1. The fourth-order valence-electron chi connectivity index (χ4n) is 2.07. The minimum Gasteiger partial charge on any atom is -0.473 e. The first-order valence-corrected chi connectivity index (χ1v) is 6.25. The maximum Gasteiger partial charge on any atom is 0.273 e. The molecular weight excluding hydrogens is 232 g/mol. The summed E-state index contributed by atoms with van der Waals surface area (Å²) in [5, 5.41) is 3.93. The van der Waals surface area contributed by atoms with Crippen LogP contribution in [0.4, 0.5) is 0 Å². The molecular formula is C13H12N2OS. The number of nitrogens with one attached hydrogen (secondary N) is 1. The van der Waals surface area contributed by atoms with Crippen molar-refractivity contribution in [3.8, 4) is 16.5 Å². The summed E-state index contributed by atoms with van der Waals surface area (Å²) in [5.41, 5.74) is 4.42. The summed E-state index contributed by atoms with van der Waals surface area (Å²) < 4.78 is 5.14. The van der Waals surface area contributed by atoms with Gasteiger partial charge in [-0.2, -0.15) is 0 Å². The summed E-state index contributed by atoms with van der Waals surface area (Å²) in [4.78, 5) is 7.84. The summed E-state index contributed by atoms with van der Waals surface area (Å²) in [6.45, 7) is 2.07. The van der Waals surface area contributed by atoms with Crippen LogP contribution in [0.3, 0.4) is 0 Å². The van der Waals surface area contributed by atoms with Crippen molar-refractivity contribution in [3.63, 3.8) is 0 Å². The molecule has 2 aromatic heterocycles. The van der Waals surface area contributed by atoms with Crippen LogP contribution in [-0.4, -0.2) is 17.1 Å². The second-order valence-electron chi connectivity index (χ2n) is 3.87. The van der Waals surface area contributed by atoms with Gasteiger partial charge in [-0.1, -0.05) is 29.5 Å². The number of para-hydroxylation sites is 1. The molecule has 0 spiro atoms. The lowest BCUT2D eigenvalue weighted by Crippen LogP contribution is -1.82. The maximum absolute atomic E-state index is 5.14. The Morgan fingerprint density at radius 3 is 2.88 bits per heavy atom. The van der Waals surface area contributed by atoms with Crippen molar-refractivity contribution in [3.05, 3.63) is 35.3 Å². The number of hydrogen-bond acceptors (Lipinski definition) is 3. The molecule has 0 bridgehead atoms. The molecule has 3 nitrogen and oxygen atoms in total. The van der Waals surface area contributed by atoms with Gasteiger partial charge in [0.1, 0.15) is 0 Å². The smallest absolute Gasteiger partial charge is 0.273 e. The highest BCUT2D eigenvalue weighted by Crippen LogP contribution is 2.34. The largest absolute Gasteiger partial charge is 0.473 e. The first-order chi connectivity index (χ1) is 8.29. The lowest BCUT2D eigenvalue weighted by molar-refractivity contribution is 0.412. The van der Waals surface area contributed by atoms with Crippen LogP contribution in [0.15, 0.2) is 29.6 Å². The van der Waals surface area contributed by atoms with Gasteiger partial charge in [0.15, 0.2) is 0 Å². The monoisotopic (exact) mass is 244 g/mol. The van der Waals surface area contributed by atoms with E-state index in [-0.39, 0.29) is 0 Å². The van der Waals surface area contributed by atoms with Crippen molar-refractivity contribution in [1.82, 2.24) is 9.97 Å². The highest BCUT2D eigenvalue weighted by atomic mass is 32.1. The van der Waals surface area contributed by atoms with Crippen LogP contribution in [0.5, 0.6) is 5.19 Å². The summed E-state index contributed by atoms with van der Waals surface area (Å²) >= 11 is 1.52. The average Bonchev–Trinajstić information content (AvgIpc) is 2.91. The van der Waals surface area contributed by atoms with E-state index in [1.807, 2.05) is 17.5 Å². The molecule has 0 saturated carbocycles. The lowest BCUT2D eigenvalue weighted by Gasteiger charge is -1.96. The number of hydrogen-bond donors (Lipinski definition) is 1. The number of ether oxygens (including phenoxy) is 1. The average molecular weight is 244 g/mol. The van der Waals surface area contributed by atoms with Gasteiger partial charge < -0.3 is 9.72 Å². The van der Waals surface area contributed by atoms with E-state index < -0.39 is 0 Å². The molecule has 0 aliphatic carbocycles. The fraction of sp³-hybridized carbons (Fsp3) is 0.154. The first kappa shape index (κ1) is 10.4. The van der Waals surface area contributed by atoms with Crippen LogP contribution in [0, 0.1) is 6.92 Å². The molecule has 1 aromatic carbocycles. The molecule has 0 saturated heterocycles. The van der Waals surface area contributed by atoms with Crippen molar-refractivity contribution >= 4 is 22.2 Å². The van der Waals surface area contributed by atoms with Crippen LogP contribution in [-0.2, 0) is 0 Å². The minimum absolute atomic E-state index is 0.699. The van der Waals surface area contributed by atoms with Gasteiger partial charge in [-0.3, -0.25) is 0 Å². The van der Waals surface area contributed by atoms with Gasteiger partial charge in [0.05, 0.1) is 12.8 Å². The number of H-pyrrole nitrogens is 1. The first-order valence-electron chi connectivity index (χ1n) is 5.37. The van der Waals surface area contributed by atoms with Gasteiger partial charge in [0, 0.05) is 27.5 Å². The van der Waals surface area contributed by atoms with E-state index in [0.29, 0.717) is 5.19 Å². The Bertz CT molecular complexity index is 669. The SMILES string of the molecule is COc1nc(-c2c(C)[nH]c3ccccc23)cs1. The Kier molecular flexibility index (Phi) is 2.37. The number of rotatable bonds is 2. The molecule has 0 aliphatic heterocycles. The Morgan fingerprint density at radius 2 is 2.12 bits per heavy atom. The normalized spacial score (nSPS) is 10.9. The van der Waals surface area contributed by atoms with E-state index in [1.165, 1.54) is 22.3 Å². The molecule has 0 fully saturated rings. The van der Waals surface area contributed by atoms with Gasteiger partial charge >= 0.3 is 0 Å². The van der Waals surface area contributed by atoms with E-state index in [0.717, 1.165) is 16.9 Å². The minimum atomic E-state index is 0.699. The molecule has 1 N–H and O–H groups in total. The maximum atomic E-state index is 5.14. The topological polar surface area (TPSA) is 37.9 Å². The van der Waals surface area contributed by atoms with Gasteiger partial charge in [0.2, 0.25) is 0 Å². The van der Waals surface area contributed by atoms with Crippen molar-refractivity contribution in [2.75, 3.05) is 7.11 Å². The quantitative estimate of drug-likeness (QED) is 0.747. The Hall–Kier alpha value is -1.81. The second-order valence-corrected chi connectivity index (χ2v) is 4.69. The molecule has 4 heteroatoms. The van der Waals surface area contributed by atoms with Gasteiger partial charge in [-0.25, -0.2) is 4.98 Å². The summed E-state index contributed by atoms with van der Waals surface area (Å²) in [6, 6.07) is 8.27. The molecule has 0 atom stereocenters. The van der Waals surface area contributed by atoms with Crippen LogP contribution in [0.25, 0.3) is 22.2 Å². The molecule has 2 heterocycles. The van der Waals surface area contributed by atoms with E-state index in [4.69, 9.17) is 4.74 Å². The van der Waals surface area contributed by atoms with E-state index in [1.54, 1.807) is 7.11 Å². The van der Waals surface area contributed by atoms with Crippen molar-refractivity contribution < 1.29 is 4.74 Å². The number of nitrogens with zero attached hydrogens (tertiary/aromatic N) is 1. The van der Waals surface area contributed by atoms with E-state index >= 15 is 0 Å². The number of benzene rings is 1. The third-order valence-corrected chi connectivity index (χ3v) is 3.61. The van der Waals surface area contributed by atoms with Crippen molar-refractivity contribution in [2.24, 2.45) is 0 Å². The second kappa shape index (κ2) is 3.89. The Morgan fingerprint density at radius 1 is 1.29 bits per heavy atom. The number of aromatic amines is 1. The number of aromatic nitrogens is 2. The zero-order valence-electron chi connectivity index (χ0n) is 9.65. The molecule has 17 heavy (non-hydrogen) atoms. The fourth-order valence-corrected chi connectivity index (χ4v) is 2.70. The molecule has 0 radical (unpaired) electrons. The van der Waals surface area contributed by atoms with E-state index in [2.05, 4.69) is 29.0 Å². The molecule has 0 aliphatic rings. The lowest BCUT2D eigenvalue weighted by atomic mass is 10.1. The summed E-state index contributed by atoms with van der Waals surface area (Å²) in [5.74, 6) is 0. The van der Waals surface area contributed by atoms with Crippen molar-refractivity contribution in [1.29, 1.82) is 0 Å². The van der Waals surface area contributed by atoms with Crippen LogP contribution in [0.2, 0.25) is 0 Å². The highest BCUT2D eigenvalue weighted by molar-refractivity contribution is 7.11. The molecule has 3 rings (SSSR count). The van der Waals surface area contributed by atoms with Gasteiger partial charge in [-0.15, -0.1) is 0 Å². The summed E-state index contributed by atoms with van der Waals surface area (Å²) in [7, 11) is 1.64. The number of methoxy groups -OCH3 is 1. The Labute approximate surface area is 103 Å². The molecule has 0 amide bonds. The number of fused-ring (bicyclic) bond motifs is 1. The summed E-state index contributed by atoms with van der Waals surface area (Å²) in [6.07, 6.45) is 0. The van der Waals surface area contributed by atoms with Gasteiger partial charge in [-0.05, 0) is 13.0 Å². The zero-order chi connectivity index (χ0) is 11.8. The van der Waals surface area contributed by atoms with Crippen LogP contribution < -0.4 is 4.74 Å². The predicted molar refractivity (Wildman–Crippen MR) is 70.7 cm³/mol. The standard InChI is InChI=1S/C13H12N2OS/c1-8-12(11-7-17-13(15-11)16-2)9-5-3-4-6-10(9)14-8/h3-7,14H,1-2H3. The molecule has 86 valence electrons. The predicted octanol–water partition coefficient (Wildman–Crippen LogP) is 3.61. The highest BCUT2D eigenvalue weighted by Gasteiger charge is 2.13. The third kappa shape index (κ3) is 1.61. The zero-order valence-corrected chi connectivity index (χ0v) is 10.5. The molecule has 3 aromatic rings. The molecule has 0 unspecified atom stereocenters. The number of aryl methyl sites for hydroxylation is 1. The van der Waals surface area contributed by atoms with Crippen molar-refractivity contribution in [2.45, 2.75) is 6.92 Å². The Balaban J connectivity index is 2.25. The van der Waals surface area contributed by atoms with E-state index in [9.17, 15) is 0 Å².